The van der Waals surface area contributed by atoms with Gasteiger partial charge in [0.1, 0.15) is 0 Å². The summed E-state index contributed by atoms with van der Waals surface area (Å²) in [6.45, 7) is 1.61. The Balaban J connectivity index is 1.56. The zero-order chi connectivity index (χ0) is 21.0. The van der Waals surface area contributed by atoms with Crippen molar-refractivity contribution in [2.24, 2.45) is 0 Å². The van der Waals surface area contributed by atoms with E-state index in [1.807, 2.05) is 24.3 Å². The number of hydrogen-bond acceptors (Lipinski definition) is 6. The largest absolute Gasteiger partial charge is 0.204 e. The van der Waals surface area contributed by atoms with Crippen molar-refractivity contribution in [2.75, 3.05) is 8.86 Å². The smallest absolute Gasteiger partial charge is 0.164 e. The summed E-state index contributed by atoms with van der Waals surface area (Å²) in [5.41, 5.74) is 1.83. The van der Waals surface area contributed by atoms with Gasteiger partial charge in [-0.3, -0.25) is 0 Å². The number of aryl methyl sites for hydroxylation is 2. The van der Waals surface area contributed by atoms with Crippen molar-refractivity contribution in [3.05, 3.63) is 24.3 Å². The van der Waals surface area contributed by atoms with E-state index in [1.165, 1.54) is 47.4 Å². The van der Waals surface area contributed by atoms with Gasteiger partial charge in [0.2, 0.25) is 11.6 Å². The Kier molecular flexibility index (Phi) is 10.4. The third-order valence-electron chi connectivity index (χ3n) is 4.77. The normalized spacial score (nSPS) is 11.3. The highest BCUT2D eigenvalue weighted by atomic mass is 127. The summed E-state index contributed by atoms with van der Waals surface area (Å²) in [5.74, 6) is 1.26. The Morgan fingerprint density at radius 3 is 1.57 bits per heavy atom. The third kappa shape index (κ3) is 7.50. The number of nitrogens with zero attached hydrogens (tertiary/aromatic N) is 8. The molecule has 2 heterocycles. The molecule has 0 spiro atoms. The molecule has 162 valence electrons. The van der Waals surface area contributed by atoms with Crippen LogP contribution < -0.4 is 0 Å². The van der Waals surface area contributed by atoms with Crippen LogP contribution in [0.3, 0.4) is 0 Å². The molecule has 0 N–H and O–H groups in total. The summed E-state index contributed by atoms with van der Waals surface area (Å²) in [5, 5.41) is 25.9. The fraction of sp³-hybridized carbons (Fsp3) is 0.600. The molecule has 0 saturated carbocycles. The first-order chi connectivity index (χ1) is 14.8. The summed E-state index contributed by atoms with van der Waals surface area (Å²) in [6.07, 6.45) is 9.65. The lowest BCUT2D eigenvalue weighted by Gasteiger charge is -2.00. The molecule has 0 fully saturated rings. The second kappa shape index (κ2) is 13.3. The SMILES string of the molecule is ICCCCCCn1nnc(-c2cccc(-c3nnn(CCCCCCI)n3)c2)n1. The van der Waals surface area contributed by atoms with E-state index in [0.717, 1.165) is 37.1 Å². The number of hydrogen-bond donors (Lipinski definition) is 0. The van der Waals surface area contributed by atoms with Gasteiger partial charge in [0.05, 0.1) is 13.1 Å². The minimum absolute atomic E-state index is 0.631. The van der Waals surface area contributed by atoms with Crippen LogP contribution in [0, 0.1) is 0 Å². The number of rotatable bonds is 14. The molecule has 10 heteroatoms. The molecule has 0 saturated heterocycles. The molecule has 3 aromatic rings. The quantitative estimate of drug-likeness (QED) is 0.141. The van der Waals surface area contributed by atoms with Crippen molar-refractivity contribution >= 4 is 45.2 Å². The number of tetrazole rings is 2. The molecular weight excluding hydrogens is 606 g/mol. The Hall–Kier alpha value is -1.18. The van der Waals surface area contributed by atoms with Gasteiger partial charge in [-0.15, -0.1) is 20.4 Å². The highest BCUT2D eigenvalue weighted by Gasteiger charge is 2.10. The molecule has 0 atom stereocenters. The molecule has 0 amide bonds. The van der Waals surface area contributed by atoms with Crippen molar-refractivity contribution in [3.63, 3.8) is 0 Å². The van der Waals surface area contributed by atoms with E-state index in [1.54, 1.807) is 9.59 Å². The highest BCUT2D eigenvalue weighted by Crippen LogP contribution is 2.21. The molecule has 30 heavy (non-hydrogen) atoms. The average Bonchev–Trinajstić information content (AvgIpc) is 3.44. The first-order valence-electron chi connectivity index (χ1n) is 10.6. The third-order valence-corrected chi connectivity index (χ3v) is 6.29. The van der Waals surface area contributed by atoms with Gasteiger partial charge in [-0.2, -0.15) is 9.59 Å². The lowest BCUT2D eigenvalue weighted by atomic mass is 10.1. The first kappa shape index (κ1) is 23.5. The minimum atomic E-state index is 0.631. The van der Waals surface area contributed by atoms with E-state index in [-0.39, 0.29) is 0 Å². The van der Waals surface area contributed by atoms with Crippen molar-refractivity contribution in [2.45, 2.75) is 64.5 Å². The summed E-state index contributed by atoms with van der Waals surface area (Å²) in [4.78, 5) is 3.39. The fourth-order valence-electron chi connectivity index (χ4n) is 3.11. The topological polar surface area (TPSA) is 87.2 Å². The predicted molar refractivity (Wildman–Crippen MR) is 135 cm³/mol. The molecular formula is C20H28I2N8. The minimum Gasteiger partial charge on any atom is -0.164 e. The summed E-state index contributed by atoms with van der Waals surface area (Å²) in [6, 6.07) is 7.95. The maximum absolute atomic E-state index is 4.53. The number of aromatic nitrogens is 8. The van der Waals surface area contributed by atoms with Crippen LogP contribution in [-0.2, 0) is 13.1 Å². The van der Waals surface area contributed by atoms with Crippen molar-refractivity contribution in [1.29, 1.82) is 0 Å². The van der Waals surface area contributed by atoms with Crippen LogP contribution in [-0.4, -0.2) is 49.3 Å². The number of alkyl halides is 2. The lowest BCUT2D eigenvalue weighted by molar-refractivity contribution is 0.481. The zero-order valence-corrected chi connectivity index (χ0v) is 21.4. The molecule has 0 bridgehead atoms. The van der Waals surface area contributed by atoms with Crippen molar-refractivity contribution < 1.29 is 0 Å². The van der Waals surface area contributed by atoms with Gasteiger partial charge < -0.3 is 0 Å². The molecule has 0 aliphatic heterocycles. The molecule has 3 rings (SSSR count). The fourth-order valence-corrected chi connectivity index (χ4v) is 4.19. The number of benzene rings is 1. The second-order valence-corrected chi connectivity index (χ2v) is 9.36. The first-order valence-corrected chi connectivity index (χ1v) is 13.6. The van der Waals surface area contributed by atoms with E-state index >= 15 is 0 Å². The van der Waals surface area contributed by atoms with Crippen LogP contribution in [0.15, 0.2) is 24.3 Å². The molecule has 8 nitrogen and oxygen atoms in total. The molecule has 1 aromatic carbocycles. The van der Waals surface area contributed by atoms with E-state index in [0.29, 0.717) is 11.6 Å². The van der Waals surface area contributed by atoms with Crippen molar-refractivity contribution in [1.82, 2.24) is 40.4 Å². The molecule has 2 aromatic heterocycles. The van der Waals surface area contributed by atoms with Gasteiger partial charge in [0.25, 0.3) is 0 Å². The number of halogens is 2. The average molecular weight is 634 g/mol. The van der Waals surface area contributed by atoms with E-state index in [9.17, 15) is 0 Å². The maximum atomic E-state index is 4.53. The van der Waals surface area contributed by atoms with Crippen LogP contribution in [0.5, 0.6) is 0 Å². The molecule has 0 aliphatic rings. The number of unbranched alkanes of at least 4 members (excludes halogenated alkanes) is 6. The summed E-state index contributed by atoms with van der Waals surface area (Å²) < 4.78 is 2.45. The van der Waals surface area contributed by atoms with Crippen molar-refractivity contribution in [3.8, 4) is 22.8 Å². The summed E-state index contributed by atoms with van der Waals surface area (Å²) >= 11 is 4.85. The van der Waals surface area contributed by atoms with Crippen LogP contribution in [0.25, 0.3) is 22.8 Å². The lowest BCUT2D eigenvalue weighted by Crippen LogP contribution is -2.02. The van der Waals surface area contributed by atoms with Crippen LogP contribution in [0.1, 0.15) is 51.4 Å². The Morgan fingerprint density at radius 2 is 1.10 bits per heavy atom. The van der Waals surface area contributed by atoms with E-state index in [4.69, 9.17) is 0 Å². The van der Waals surface area contributed by atoms with E-state index in [2.05, 4.69) is 76.0 Å². The molecule has 0 aliphatic carbocycles. The maximum Gasteiger partial charge on any atom is 0.204 e. The Bertz CT molecular complexity index is 812. The van der Waals surface area contributed by atoms with E-state index < -0.39 is 0 Å². The highest BCUT2D eigenvalue weighted by molar-refractivity contribution is 14.1. The zero-order valence-electron chi connectivity index (χ0n) is 17.1. The van der Waals surface area contributed by atoms with Gasteiger partial charge in [0.15, 0.2) is 0 Å². The summed E-state index contributed by atoms with van der Waals surface area (Å²) in [7, 11) is 0. The van der Waals surface area contributed by atoms with Crippen LogP contribution >= 0.6 is 45.2 Å². The van der Waals surface area contributed by atoms with Gasteiger partial charge in [-0.1, -0.05) is 89.1 Å². The Morgan fingerprint density at radius 1 is 0.633 bits per heavy atom. The Labute approximate surface area is 204 Å². The molecule has 0 unspecified atom stereocenters. The van der Waals surface area contributed by atoms with Crippen LogP contribution in [0.2, 0.25) is 0 Å². The van der Waals surface area contributed by atoms with Gasteiger partial charge in [-0.05, 0) is 51.0 Å². The monoisotopic (exact) mass is 634 g/mol. The predicted octanol–water partition coefficient (Wildman–Crippen LogP) is 4.98. The molecule has 0 radical (unpaired) electrons. The van der Waals surface area contributed by atoms with Gasteiger partial charge in [0, 0.05) is 11.1 Å². The van der Waals surface area contributed by atoms with Crippen LogP contribution in [0.4, 0.5) is 0 Å². The second-order valence-electron chi connectivity index (χ2n) is 7.21. The van der Waals surface area contributed by atoms with Gasteiger partial charge >= 0.3 is 0 Å². The van der Waals surface area contributed by atoms with Gasteiger partial charge in [-0.25, -0.2) is 0 Å². The standard InChI is InChI=1S/C20H28I2N8/c21-12-5-1-3-7-14-29-25-19(23-27-29)17-10-9-11-18(16-17)20-24-28-30(26-20)15-8-4-2-6-13-22/h9-11,16H,1-8,12-15H2.